The van der Waals surface area contributed by atoms with E-state index in [4.69, 9.17) is 9.47 Å². The predicted octanol–water partition coefficient (Wildman–Crippen LogP) is 2.80. The molecule has 0 aliphatic carbocycles. The summed E-state index contributed by atoms with van der Waals surface area (Å²) in [6, 6.07) is 7.70. The summed E-state index contributed by atoms with van der Waals surface area (Å²) < 4.78 is 11.1. The lowest BCUT2D eigenvalue weighted by molar-refractivity contribution is 0.296. The smallest absolute Gasteiger partial charge is 0.161 e. The predicted molar refractivity (Wildman–Crippen MR) is 75.3 cm³/mol. The molecule has 3 heteroatoms. The van der Waals surface area contributed by atoms with Gasteiger partial charge in [-0.3, -0.25) is 0 Å². The molecule has 1 rings (SSSR count). The van der Waals surface area contributed by atoms with Gasteiger partial charge in [0.1, 0.15) is 6.61 Å². The Balaban J connectivity index is 2.32. The molecule has 0 saturated heterocycles. The lowest BCUT2D eigenvalue weighted by Gasteiger charge is -2.09. The largest absolute Gasteiger partial charge is 0.490 e. The molecule has 0 aliphatic rings. The van der Waals surface area contributed by atoms with E-state index in [1.54, 1.807) is 0 Å². The molecule has 98 valence electrons. The summed E-state index contributed by atoms with van der Waals surface area (Å²) in [5.74, 6) is 1.57. The van der Waals surface area contributed by atoms with E-state index in [-0.39, 0.29) is 0 Å². The first-order valence-corrected chi connectivity index (χ1v) is 6.19. The average molecular weight is 247 g/mol. The average Bonchev–Trinajstić information content (AvgIpc) is 2.40. The van der Waals surface area contributed by atoms with Gasteiger partial charge in [0, 0.05) is 13.1 Å². The second kappa shape index (κ2) is 9.31. The Kier molecular flexibility index (Phi) is 7.40. The van der Waals surface area contributed by atoms with Gasteiger partial charge in [-0.1, -0.05) is 30.4 Å². The van der Waals surface area contributed by atoms with Crippen molar-refractivity contribution in [2.24, 2.45) is 0 Å². The van der Waals surface area contributed by atoms with Crippen molar-refractivity contribution >= 4 is 0 Å². The maximum absolute atomic E-state index is 5.64. The van der Waals surface area contributed by atoms with Crippen molar-refractivity contribution in [1.82, 2.24) is 5.32 Å². The minimum Gasteiger partial charge on any atom is -0.490 e. The Morgan fingerprint density at radius 2 is 1.83 bits per heavy atom. The Morgan fingerprint density at radius 3 is 2.50 bits per heavy atom. The zero-order valence-electron chi connectivity index (χ0n) is 10.9. The third-order valence-electron chi connectivity index (χ3n) is 2.20. The van der Waals surface area contributed by atoms with Gasteiger partial charge >= 0.3 is 0 Å². The van der Waals surface area contributed by atoms with Crippen LogP contribution in [-0.2, 0) is 0 Å². The van der Waals surface area contributed by atoms with Gasteiger partial charge in [0.25, 0.3) is 0 Å². The zero-order valence-corrected chi connectivity index (χ0v) is 10.9. The first-order chi connectivity index (χ1) is 8.88. The van der Waals surface area contributed by atoms with E-state index < -0.39 is 0 Å². The van der Waals surface area contributed by atoms with Gasteiger partial charge in [-0.15, -0.1) is 6.58 Å². The van der Waals surface area contributed by atoms with Crippen LogP contribution in [0.25, 0.3) is 0 Å². The van der Waals surface area contributed by atoms with Gasteiger partial charge in [-0.25, -0.2) is 0 Å². The summed E-state index contributed by atoms with van der Waals surface area (Å²) in [4.78, 5) is 0. The van der Waals surface area contributed by atoms with Gasteiger partial charge in [0.05, 0.1) is 6.61 Å². The van der Waals surface area contributed by atoms with Crippen molar-refractivity contribution in [2.75, 3.05) is 26.3 Å². The Morgan fingerprint density at radius 1 is 1.11 bits per heavy atom. The third kappa shape index (κ3) is 5.55. The number of para-hydroxylation sites is 2. The molecular weight excluding hydrogens is 226 g/mol. The Bertz CT molecular complexity index is 375. The van der Waals surface area contributed by atoms with Crippen molar-refractivity contribution in [2.45, 2.75) is 6.92 Å². The number of benzene rings is 1. The second-order valence-electron chi connectivity index (χ2n) is 3.61. The van der Waals surface area contributed by atoms with Crippen molar-refractivity contribution in [1.29, 1.82) is 0 Å². The molecule has 1 N–H and O–H groups in total. The van der Waals surface area contributed by atoms with Crippen LogP contribution in [-0.4, -0.2) is 26.3 Å². The van der Waals surface area contributed by atoms with Crippen LogP contribution in [0, 0.1) is 0 Å². The first-order valence-electron chi connectivity index (χ1n) is 6.19. The van der Waals surface area contributed by atoms with Gasteiger partial charge in [-0.2, -0.15) is 0 Å². The highest BCUT2D eigenvalue weighted by Gasteiger charge is 2.01. The molecule has 0 amide bonds. The monoisotopic (exact) mass is 247 g/mol. The highest BCUT2D eigenvalue weighted by atomic mass is 16.5. The molecule has 0 fully saturated rings. The highest BCUT2D eigenvalue weighted by molar-refractivity contribution is 5.39. The van der Waals surface area contributed by atoms with Crippen LogP contribution in [0.2, 0.25) is 0 Å². The summed E-state index contributed by atoms with van der Waals surface area (Å²) in [6.07, 6.45) is 5.86. The summed E-state index contributed by atoms with van der Waals surface area (Å²) in [5, 5.41) is 3.18. The fraction of sp³-hybridized carbons (Fsp3) is 0.333. The molecule has 0 heterocycles. The number of rotatable bonds is 9. The lowest BCUT2D eigenvalue weighted by atomic mass is 10.3. The lowest BCUT2D eigenvalue weighted by Crippen LogP contribution is -2.12. The summed E-state index contributed by atoms with van der Waals surface area (Å²) in [6.45, 7) is 8.42. The Labute approximate surface area is 109 Å². The van der Waals surface area contributed by atoms with E-state index in [9.17, 15) is 0 Å². The molecule has 1 aromatic carbocycles. The van der Waals surface area contributed by atoms with Gasteiger partial charge < -0.3 is 14.8 Å². The fourth-order valence-electron chi connectivity index (χ4n) is 1.40. The van der Waals surface area contributed by atoms with Gasteiger partial charge in [0.15, 0.2) is 11.5 Å². The van der Waals surface area contributed by atoms with Crippen LogP contribution < -0.4 is 14.8 Å². The number of ether oxygens (including phenoxy) is 2. The van der Waals surface area contributed by atoms with E-state index in [1.807, 2.05) is 49.4 Å². The maximum Gasteiger partial charge on any atom is 0.161 e. The summed E-state index contributed by atoms with van der Waals surface area (Å²) in [5.41, 5.74) is 0. The maximum atomic E-state index is 5.64. The molecule has 0 aromatic heterocycles. The molecule has 18 heavy (non-hydrogen) atoms. The molecule has 0 radical (unpaired) electrons. The van der Waals surface area contributed by atoms with Crippen molar-refractivity contribution in [3.8, 4) is 11.5 Å². The third-order valence-corrected chi connectivity index (χ3v) is 2.20. The standard InChI is InChI=1S/C15H21NO2/c1-3-11-16-12-7-8-13-18-15-10-6-5-9-14(15)17-4-2/h3,5-10,16H,1,4,11-13H2,2H3. The normalized spacial score (nSPS) is 10.5. The van der Waals surface area contributed by atoms with Crippen molar-refractivity contribution in [3.63, 3.8) is 0 Å². The topological polar surface area (TPSA) is 30.5 Å². The number of nitrogens with one attached hydrogen (secondary N) is 1. The van der Waals surface area contributed by atoms with E-state index in [0.29, 0.717) is 13.2 Å². The van der Waals surface area contributed by atoms with Crippen LogP contribution in [0.1, 0.15) is 6.92 Å². The summed E-state index contributed by atoms with van der Waals surface area (Å²) in [7, 11) is 0. The molecule has 0 spiro atoms. The molecular formula is C15H21NO2. The second-order valence-corrected chi connectivity index (χ2v) is 3.61. The molecule has 0 atom stereocenters. The van der Waals surface area contributed by atoms with Gasteiger partial charge in [0.2, 0.25) is 0 Å². The molecule has 0 saturated carbocycles. The van der Waals surface area contributed by atoms with E-state index >= 15 is 0 Å². The minimum absolute atomic E-state index is 0.542. The zero-order chi connectivity index (χ0) is 13.1. The van der Waals surface area contributed by atoms with Crippen LogP contribution in [0.5, 0.6) is 11.5 Å². The number of hydrogen-bond donors (Lipinski definition) is 1. The summed E-state index contributed by atoms with van der Waals surface area (Å²) >= 11 is 0. The van der Waals surface area contributed by atoms with Crippen LogP contribution >= 0.6 is 0 Å². The van der Waals surface area contributed by atoms with Crippen LogP contribution in [0.4, 0.5) is 0 Å². The first kappa shape index (κ1) is 14.3. The number of hydrogen-bond acceptors (Lipinski definition) is 3. The van der Waals surface area contributed by atoms with Gasteiger partial charge in [-0.05, 0) is 19.1 Å². The van der Waals surface area contributed by atoms with E-state index in [1.165, 1.54) is 0 Å². The van der Waals surface area contributed by atoms with Crippen LogP contribution in [0.15, 0.2) is 49.1 Å². The van der Waals surface area contributed by atoms with Crippen molar-refractivity contribution < 1.29 is 9.47 Å². The van der Waals surface area contributed by atoms with E-state index in [0.717, 1.165) is 24.6 Å². The quantitative estimate of drug-likeness (QED) is 0.537. The Hall–Kier alpha value is -1.74. The molecule has 3 nitrogen and oxygen atoms in total. The molecule has 0 unspecified atom stereocenters. The molecule has 0 bridgehead atoms. The molecule has 1 aromatic rings. The fourth-order valence-corrected chi connectivity index (χ4v) is 1.40. The highest BCUT2D eigenvalue weighted by Crippen LogP contribution is 2.26. The van der Waals surface area contributed by atoms with Crippen LogP contribution in [0.3, 0.4) is 0 Å². The van der Waals surface area contributed by atoms with E-state index in [2.05, 4.69) is 11.9 Å². The van der Waals surface area contributed by atoms with Crippen molar-refractivity contribution in [3.05, 3.63) is 49.1 Å². The SMILES string of the molecule is C=CCNCC=CCOc1ccccc1OCC. The minimum atomic E-state index is 0.542. The molecule has 0 aliphatic heterocycles.